The Hall–Kier alpha value is -2.88. The molecule has 0 atom stereocenters. The third kappa shape index (κ3) is 4.27. The van der Waals surface area contributed by atoms with Gasteiger partial charge < -0.3 is 9.15 Å². The fourth-order valence-electron chi connectivity index (χ4n) is 3.08. The molecule has 4 nitrogen and oxygen atoms in total. The van der Waals surface area contributed by atoms with Crippen LogP contribution in [-0.2, 0) is 6.42 Å². The molecular weight excluding hydrogens is 340 g/mol. The van der Waals surface area contributed by atoms with Crippen molar-refractivity contribution in [1.82, 2.24) is 0 Å². The highest BCUT2D eigenvalue weighted by atomic mass is 16.5. The van der Waals surface area contributed by atoms with Gasteiger partial charge in [-0.05, 0) is 44.4 Å². The molecule has 0 bridgehead atoms. The number of fused-ring (bicyclic) bond motifs is 1. The summed E-state index contributed by atoms with van der Waals surface area (Å²) in [6.45, 7) is 5.96. The maximum Gasteiger partial charge on any atom is 0.339 e. The molecule has 0 aliphatic rings. The maximum absolute atomic E-state index is 12.3. The zero-order valence-electron chi connectivity index (χ0n) is 16.0. The molecule has 3 rings (SSSR count). The van der Waals surface area contributed by atoms with E-state index in [1.165, 1.54) is 0 Å². The van der Waals surface area contributed by atoms with Crippen molar-refractivity contribution in [3.8, 4) is 5.75 Å². The van der Waals surface area contributed by atoms with Gasteiger partial charge in [-0.15, -0.1) is 0 Å². The van der Waals surface area contributed by atoms with Crippen LogP contribution in [0.4, 0.5) is 0 Å². The lowest BCUT2D eigenvalue weighted by Crippen LogP contribution is -2.12. The zero-order valence-corrected chi connectivity index (χ0v) is 16.0. The predicted molar refractivity (Wildman–Crippen MR) is 107 cm³/mol. The summed E-state index contributed by atoms with van der Waals surface area (Å²) >= 11 is 0. The smallest absolute Gasteiger partial charge is 0.339 e. The highest BCUT2D eigenvalue weighted by Crippen LogP contribution is 2.25. The maximum atomic E-state index is 12.3. The number of hydrogen-bond donors (Lipinski definition) is 0. The molecule has 0 unspecified atom stereocenters. The lowest BCUT2D eigenvalue weighted by Gasteiger charge is -2.10. The molecule has 2 aromatic carbocycles. The normalized spacial score (nSPS) is 10.9. The molecule has 0 amide bonds. The number of ether oxygens (including phenoxy) is 1. The van der Waals surface area contributed by atoms with E-state index >= 15 is 0 Å². The molecule has 0 fully saturated rings. The minimum absolute atomic E-state index is 0.0631. The Morgan fingerprint density at radius 1 is 1.07 bits per heavy atom. The number of carbonyl (C=O) groups is 1. The molecule has 0 radical (unpaired) electrons. The molecule has 1 heterocycles. The van der Waals surface area contributed by atoms with E-state index < -0.39 is 0 Å². The van der Waals surface area contributed by atoms with Crippen LogP contribution in [-0.4, -0.2) is 12.4 Å². The highest BCUT2D eigenvalue weighted by Gasteiger charge is 2.12. The van der Waals surface area contributed by atoms with Gasteiger partial charge in [-0.1, -0.05) is 43.2 Å². The van der Waals surface area contributed by atoms with Gasteiger partial charge in [-0.3, -0.25) is 4.79 Å². The molecule has 140 valence electrons. The number of aryl methyl sites for hydroxylation is 2. The SMILES string of the molecule is CCCCc1c(C)c2ccc(OCC(=O)c3ccc(C)cc3)cc2oc1=O. The van der Waals surface area contributed by atoms with E-state index in [9.17, 15) is 9.59 Å². The molecule has 3 aromatic rings. The van der Waals surface area contributed by atoms with Gasteiger partial charge in [0.05, 0.1) is 0 Å². The number of ketones is 1. The summed E-state index contributed by atoms with van der Waals surface area (Å²) in [4.78, 5) is 24.5. The van der Waals surface area contributed by atoms with Crippen molar-refractivity contribution in [3.63, 3.8) is 0 Å². The van der Waals surface area contributed by atoms with E-state index in [0.29, 0.717) is 16.9 Å². The second-order valence-corrected chi connectivity index (χ2v) is 6.83. The average molecular weight is 364 g/mol. The van der Waals surface area contributed by atoms with Gasteiger partial charge in [-0.2, -0.15) is 0 Å². The van der Waals surface area contributed by atoms with Crippen molar-refractivity contribution in [2.45, 2.75) is 40.0 Å². The minimum atomic E-state index is -0.290. The third-order valence-electron chi connectivity index (χ3n) is 4.78. The van der Waals surface area contributed by atoms with E-state index in [1.54, 1.807) is 24.3 Å². The van der Waals surface area contributed by atoms with Gasteiger partial charge in [0, 0.05) is 22.6 Å². The quantitative estimate of drug-likeness (QED) is 0.437. The Labute approximate surface area is 158 Å². The molecular formula is C23H24O4. The Kier molecular flexibility index (Phi) is 5.75. The lowest BCUT2D eigenvalue weighted by atomic mass is 10.0. The number of benzene rings is 2. The summed E-state index contributed by atoms with van der Waals surface area (Å²) in [5.41, 5.74) is 3.61. The van der Waals surface area contributed by atoms with Crippen LogP contribution < -0.4 is 10.4 Å². The van der Waals surface area contributed by atoms with Crippen LogP contribution in [0.1, 0.15) is 46.8 Å². The van der Waals surface area contributed by atoms with Gasteiger partial charge >= 0.3 is 5.63 Å². The predicted octanol–water partition coefficient (Wildman–Crippen LogP) is 5.01. The van der Waals surface area contributed by atoms with Crippen molar-refractivity contribution in [2.24, 2.45) is 0 Å². The van der Waals surface area contributed by atoms with Crippen molar-refractivity contribution in [3.05, 3.63) is 75.1 Å². The fourth-order valence-corrected chi connectivity index (χ4v) is 3.08. The second kappa shape index (κ2) is 8.21. The van der Waals surface area contributed by atoms with Crippen LogP contribution in [0.15, 0.2) is 51.7 Å². The van der Waals surface area contributed by atoms with Gasteiger partial charge in [0.2, 0.25) is 0 Å². The van der Waals surface area contributed by atoms with E-state index in [-0.39, 0.29) is 18.0 Å². The number of carbonyl (C=O) groups excluding carboxylic acids is 1. The summed E-state index contributed by atoms with van der Waals surface area (Å²) in [7, 11) is 0. The van der Waals surface area contributed by atoms with E-state index in [2.05, 4.69) is 6.92 Å². The minimum Gasteiger partial charge on any atom is -0.485 e. The molecule has 27 heavy (non-hydrogen) atoms. The molecule has 0 saturated heterocycles. The first-order valence-corrected chi connectivity index (χ1v) is 9.28. The monoisotopic (exact) mass is 364 g/mol. The molecule has 4 heteroatoms. The Bertz CT molecular complexity index is 1010. The Morgan fingerprint density at radius 3 is 2.52 bits per heavy atom. The number of unbranched alkanes of at least 4 members (excludes halogenated alkanes) is 1. The van der Waals surface area contributed by atoms with Gasteiger partial charge in [-0.25, -0.2) is 4.79 Å². The zero-order chi connectivity index (χ0) is 19.4. The van der Waals surface area contributed by atoms with Crippen LogP contribution in [0, 0.1) is 13.8 Å². The Balaban J connectivity index is 1.79. The fraction of sp³-hybridized carbons (Fsp3) is 0.304. The molecule has 0 spiro atoms. The van der Waals surface area contributed by atoms with E-state index in [4.69, 9.17) is 9.15 Å². The second-order valence-electron chi connectivity index (χ2n) is 6.83. The largest absolute Gasteiger partial charge is 0.485 e. The van der Waals surface area contributed by atoms with Crippen molar-refractivity contribution in [2.75, 3.05) is 6.61 Å². The summed E-state index contributed by atoms with van der Waals surface area (Å²) in [5.74, 6) is 0.412. The first-order valence-electron chi connectivity index (χ1n) is 9.28. The summed E-state index contributed by atoms with van der Waals surface area (Å²) in [6.07, 6.45) is 2.71. The molecule has 0 saturated carbocycles. The first-order chi connectivity index (χ1) is 13.0. The van der Waals surface area contributed by atoms with E-state index in [1.807, 2.05) is 32.0 Å². The van der Waals surface area contributed by atoms with Crippen LogP contribution in [0.5, 0.6) is 5.75 Å². The van der Waals surface area contributed by atoms with Crippen LogP contribution >= 0.6 is 0 Å². The van der Waals surface area contributed by atoms with Crippen LogP contribution in [0.25, 0.3) is 11.0 Å². The highest BCUT2D eigenvalue weighted by molar-refractivity contribution is 5.97. The van der Waals surface area contributed by atoms with Gasteiger partial charge in [0.1, 0.15) is 11.3 Å². The topological polar surface area (TPSA) is 56.5 Å². The lowest BCUT2D eigenvalue weighted by molar-refractivity contribution is 0.0921. The van der Waals surface area contributed by atoms with Gasteiger partial charge in [0.15, 0.2) is 12.4 Å². The number of rotatable bonds is 7. The van der Waals surface area contributed by atoms with Crippen LogP contribution in [0.3, 0.4) is 0 Å². The third-order valence-corrected chi connectivity index (χ3v) is 4.78. The molecule has 0 N–H and O–H groups in total. The van der Waals surface area contributed by atoms with Crippen LogP contribution in [0.2, 0.25) is 0 Å². The first kappa shape index (κ1) is 18.9. The van der Waals surface area contributed by atoms with Gasteiger partial charge in [0.25, 0.3) is 0 Å². The number of Topliss-reactive ketones (excluding diaryl/α,β-unsaturated/α-hetero) is 1. The van der Waals surface area contributed by atoms with Crippen molar-refractivity contribution >= 4 is 16.8 Å². The summed E-state index contributed by atoms with van der Waals surface area (Å²) in [6, 6.07) is 12.8. The van der Waals surface area contributed by atoms with Crippen molar-refractivity contribution < 1.29 is 13.9 Å². The Morgan fingerprint density at radius 2 is 1.81 bits per heavy atom. The van der Waals surface area contributed by atoms with Crippen molar-refractivity contribution in [1.29, 1.82) is 0 Å². The average Bonchev–Trinajstić information content (AvgIpc) is 2.66. The molecule has 0 aliphatic heterocycles. The summed E-state index contributed by atoms with van der Waals surface area (Å²) in [5, 5.41) is 0.901. The molecule has 0 aliphatic carbocycles. The van der Waals surface area contributed by atoms with E-state index in [0.717, 1.165) is 41.3 Å². The molecule has 1 aromatic heterocycles. The number of hydrogen-bond acceptors (Lipinski definition) is 4. The standard InChI is InChI=1S/C23H24O4/c1-4-5-6-20-16(3)19-12-11-18(13-22(19)27-23(20)25)26-14-21(24)17-9-7-15(2)8-10-17/h7-13H,4-6,14H2,1-3H3. The summed E-state index contributed by atoms with van der Waals surface area (Å²) < 4.78 is 11.1.